The molecule has 6 rings (SSSR count). The number of likely N-dealkylation sites (tertiary alicyclic amines) is 2. The smallest absolute Gasteiger partial charge is 0.407 e. The molecule has 2 aliphatic rings. The second-order valence-electron chi connectivity index (χ2n) is 14.7. The Labute approximate surface area is 317 Å². The summed E-state index contributed by atoms with van der Waals surface area (Å²) in [7, 11) is 3.10. The Morgan fingerprint density at radius 2 is 1.24 bits per heavy atom. The molecule has 13 nitrogen and oxygen atoms in total. The van der Waals surface area contributed by atoms with Crippen LogP contribution in [-0.2, 0) is 14.3 Å². The molecular weight excluding hydrogens is 685 g/mol. The molecule has 3 amide bonds. The minimum Gasteiger partial charge on any atom is -0.465 e. The van der Waals surface area contributed by atoms with Gasteiger partial charge in [0.25, 0.3) is 0 Å². The zero-order chi connectivity index (χ0) is 38.5. The van der Waals surface area contributed by atoms with Crippen LogP contribution in [-0.4, -0.2) is 122 Å². The lowest BCUT2D eigenvalue weighted by Crippen LogP contribution is -2.51. The SMILES string of the molecule is CCN(CC)[C@H](COC)C(=O)N1CCC[C@H]1c1ncc(-c2ccc(-c3ccc(-c4cnc([C@@H]5CCCN5C(=O)[C@H](C(C)C)N(C)C(=O)O)[nH]4)cc3)cc2)[nH]1. The fourth-order valence-corrected chi connectivity index (χ4v) is 8.15. The van der Waals surface area contributed by atoms with Gasteiger partial charge in [0.1, 0.15) is 23.7 Å². The van der Waals surface area contributed by atoms with Gasteiger partial charge in [-0.3, -0.25) is 19.4 Å². The largest absolute Gasteiger partial charge is 0.465 e. The van der Waals surface area contributed by atoms with E-state index < -0.39 is 12.1 Å². The number of methoxy groups -OCH3 is 1. The van der Waals surface area contributed by atoms with Crippen LogP contribution in [0.2, 0.25) is 0 Å². The molecule has 0 bridgehead atoms. The Kier molecular flexibility index (Phi) is 12.2. The van der Waals surface area contributed by atoms with E-state index >= 15 is 0 Å². The van der Waals surface area contributed by atoms with Crippen LogP contribution in [0, 0.1) is 5.92 Å². The van der Waals surface area contributed by atoms with Crippen molar-refractivity contribution < 1.29 is 24.2 Å². The summed E-state index contributed by atoms with van der Waals surface area (Å²) in [6.45, 7) is 11.1. The number of ether oxygens (including phenoxy) is 1. The number of nitrogens with one attached hydrogen (secondary N) is 2. The summed E-state index contributed by atoms with van der Waals surface area (Å²) >= 11 is 0. The van der Waals surface area contributed by atoms with E-state index in [-0.39, 0.29) is 35.9 Å². The van der Waals surface area contributed by atoms with Gasteiger partial charge in [-0.25, -0.2) is 14.8 Å². The average Bonchev–Trinajstić information content (AvgIpc) is 4.01. The Balaban J connectivity index is 1.11. The van der Waals surface area contributed by atoms with Crippen molar-refractivity contribution in [2.24, 2.45) is 5.92 Å². The number of imidazole rings is 2. The molecule has 4 aromatic rings. The van der Waals surface area contributed by atoms with Crippen LogP contribution in [0.1, 0.15) is 77.1 Å². The van der Waals surface area contributed by atoms with E-state index in [0.717, 1.165) is 83.1 Å². The van der Waals surface area contributed by atoms with Crippen LogP contribution in [0.15, 0.2) is 60.9 Å². The standard InChI is InChI=1S/C41H54N8O5/c1-7-47(8-2)35(25-54-6)39(50)48-21-9-11-33(48)37-42-23-31(44-37)29-17-13-27(14-18-29)28-15-19-30(20-16-28)32-24-43-38(45-32)34-12-10-22-49(34)40(51)36(26(3)4)46(5)41(52)53/h13-20,23-24,26,33-36H,7-12,21-22,25H2,1-6H3,(H,42,44)(H,43,45)(H,52,53)/t33-,34-,35+,36-/m0/s1. The second-order valence-corrected chi connectivity index (χ2v) is 14.7. The van der Waals surface area contributed by atoms with Gasteiger partial charge >= 0.3 is 6.09 Å². The number of hydrogen-bond acceptors (Lipinski definition) is 7. The summed E-state index contributed by atoms with van der Waals surface area (Å²) in [4.78, 5) is 62.4. The minimum atomic E-state index is -1.12. The highest BCUT2D eigenvalue weighted by Crippen LogP contribution is 2.35. The molecule has 0 aliphatic carbocycles. The molecule has 3 N–H and O–H groups in total. The number of benzene rings is 2. The third-order valence-corrected chi connectivity index (χ3v) is 11.1. The van der Waals surface area contributed by atoms with Crippen molar-refractivity contribution in [2.75, 3.05) is 46.9 Å². The fraction of sp³-hybridized carbons (Fsp3) is 0.488. The van der Waals surface area contributed by atoms with Crippen LogP contribution in [0.25, 0.3) is 33.6 Å². The molecule has 2 aliphatic heterocycles. The van der Waals surface area contributed by atoms with Crippen LogP contribution < -0.4 is 0 Å². The number of carbonyl (C=O) groups excluding carboxylic acids is 2. The maximum atomic E-state index is 13.7. The summed E-state index contributed by atoms with van der Waals surface area (Å²) in [5.74, 6) is 1.27. The summed E-state index contributed by atoms with van der Waals surface area (Å²) < 4.78 is 5.45. The second kappa shape index (κ2) is 17.0. The number of amides is 3. The van der Waals surface area contributed by atoms with Gasteiger partial charge in [-0.15, -0.1) is 0 Å². The Morgan fingerprint density at radius 3 is 1.65 bits per heavy atom. The van der Waals surface area contributed by atoms with Crippen molar-refractivity contribution in [1.29, 1.82) is 0 Å². The van der Waals surface area contributed by atoms with E-state index in [1.165, 1.54) is 7.05 Å². The molecule has 2 fully saturated rings. The summed E-state index contributed by atoms with van der Waals surface area (Å²) in [5, 5.41) is 9.58. The molecule has 4 heterocycles. The van der Waals surface area contributed by atoms with Gasteiger partial charge in [0, 0.05) is 27.2 Å². The molecule has 0 saturated carbocycles. The minimum absolute atomic E-state index is 0.0902. The first-order valence-electron chi connectivity index (χ1n) is 19.2. The molecule has 0 radical (unpaired) electrons. The molecular formula is C41H54N8O5. The number of aromatic nitrogens is 4. The van der Waals surface area contributed by atoms with Crippen LogP contribution in [0.5, 0.6) is 0 Å². The summed E-state index contributed by atoms with van der Waals surface area (Å²) in [6, 6.07) is 15.3. The molecule has 13 heteroatoms. The van der Waals surface area contributed by atoms with E-state index in [1.54, 1.807) is 18.2 Å². The first kappa shape index (κ1) is 38.7. The molecule has 2 saturated heterocycles. The fourth-order valence-electron chi connectivity index (χ4n) is 8.15. The number of hydrogen-bond donors (Lipinski definition) is 3. The third kappa shape index (κ3) is 7.92. The van der Waals surface area contributed by atoms with Gasteiger partial charge in [-0.1, -0.05) is 76.2 Å². The van der Waals surface area contributed by atoms with Crippen molar-refractivity contribution >= 4 is 17.9 Å². The third-order valence-electron chi connectivity index (χ3n) is 11.1. The average molecular weight is 739 g/mol. The number of aromatic amines is 2. The number of rotatable bonds is 14. The topological polar surface area (TPSA) is 151 Å². The van der Waals surface area contributed by atoms with Gasteiger partial charge in [0.2, 0.25) is 11.8 Å². The maximum absolute atomic E-state index is 13.7. The monoisotopic (exact) mass is 738 g/mol. The Bertz CT molecular complexity index is 1880. The lowest BCUT2D eigenvalue weighted by Gasteiger charge is -2.33. The van der Waals surface area contributed by atoms with Crippen LogP contribution >= 0.6 is 0 Å². The summed E-state index contributed by atoms with van der Waals surface area (Å²) in [5.41, 5.74) is 5.91. The zero-order valence-corrected chi connectivity index (χ0v) is 32.3. The van der Waals surface area contributed by atoms with Crippen molar-refractivity contribution in [3.63, 3.8) is 0 Å². The highest BCUT2D eigenvalue weighted by molar-refractivity contribution is 5.86. The normalized spacial score (nSPS) is 18.4. The van der Waals surface area contributed by atoms with Gasteiger partial charge in [-0.05, 0) is 66.9 Å². The molecule has 2 aromatic carbocycles. The van der Waals surface area contributed by atoms with Crippen molar-refractivity contribution in [3.8, 4) is 33.6 Å². The van der Waals surface area contributed by atoms with E-state index in [9.17, 15) is 19.5 Å². The van der Waals surface area contributed by atoms with Crippen molar-refractivity contribution in [3.05, 3.63) is 72.6 Å². The number of H-pyrrole nitrogens is 2. The van der Waals surface area contributed by atoms with Gasteiger partial charge in [0.15, 0.2) is 0 Å². The first-order chi connectivity index (χ1) is 26.1. The van der Waals surface area contributed by atoms with E-state index in [2.05, 4.69) is 82.2 Å². The van der Waals surface area contributed by atoms with Crippen LogP contribution in [0.3, 0.4) is 0 Å². The van der Waals surface area contributed by atoms with Crippen molar-refractivity contribution in [1.82, 2.24) is 39.5 Å². The van der Waals surface area contributed by atoms with E-state index in [0.29, 0.717) is 25.5 Å². The molecule has 4 atom stereocenters. The Morgan fingerprint density at radius 1 is 0.796 bits per heavy atom. The number of likely N-dealkylation sites (N-methyl/N-ethyl adjacent to an activating group) is 2. The maximum Gasteiger partial charge on any atom is 0.407 e. The lowest BCUT2D eigenvalue weighted by atomic mass is 10.0. The van der Waals surface area contributed by atoms with E-state index in [1.807, 2.05) is 24.9 Å². The summed E-state index contributed by atoms with van der Waals surface area (Å²) in [6.07, 6.45) is 5.94. The lowest BCUT2D eigenvalue weighted by molar-refractivity contribution is -0.140. The predicted octanol–water partition coefficient (Wildman–Crippen LogP) is 6.45. The Hall–Kier alpha value is -5.01. The number of nitrogens with zero attached hydrogens (tertiary/aromatic N) is 6. The predicted molar refractivity (Wildman–Crippen MR) is 207 cm³/mol. The van der Waals surface area contributed by atoms with Crippen LogP contribution in [0.4, 0.5) is 4.79 Å². The number of carboxylic acid groups (broad SMARTS) is 1. The first-order valence-corrected chi connectivity index (χ1v) is 19.2. The quantitative estimate of drug-likeness (QED) is 0.134. The van der Waals surface area contributed by atoms with Crippen molar-refractivity contribution in [2.45, 2.75) is 77.5 Å². The van der Waals surface area contributed by atoms with Gasteiger partial charge < -0.3 is 29.6 Å². The molecule has 0 unspecified atom stereocenters. The van der Waals surface area contributed by atoms with E-state index in [4.69, 9.17) is 9.72 Å². The highest BCUT2D eigenvalue weighted by Gasteiger charge is 2.40. The van der Waals surface area contributed by atoms with Gasteiger partial charge in [-0.2, -0.15) is 0 Å². The highest BCUT2D eigenvalue weighted by atomic mass is 16.5. The molecule has 54 heavy (non-hydrogen) atoms. The molecule has 0 spiro atoms. The van der Waals surface area contributed by atoms with Gasteiger partial charge in [0.05, 0.1) is 42.5 Å². The molecule has 288 valence electrons. The molecule has 2 aromatic heterocycles. The zero-order valence-electron chi connectivity index (χ0n) is 32.3. The number of carbonyl (C=O) groups is 3.